The number of hydrogen-bond acceptors (Lipinski definition) is 8. The average Bonchev–Trinajstić information content (AvgIpc) is 2.87. The molecule has 0 radical (unpaired) electrons. The van der Waals surface area contributed by atoms with E-state index in [0.717, 1.165) is 34.2 Å². The zero-order chi connectivity index (χ0) is 26.2. The van der Waals surface area contributed by atoms with Crippen LogP contribution in [0.15, 0.2) is 42.7 Å². The number of carbonyl (C=O) groups is 1. The van der Waals surface area contributed by atoms with Crippen LogP contribution >= 0.6 is 0 Å². The van der Waals surface area contributed by atoms with Crippen LogP contribution in [0, 0.1) is 6.92 Å². The van der Waals surface area contributed by atoms with Crippen LogP contribution in [0.5, 0.6) is 0 Å². The summed E-state index contributed by atoms with van der Waals surface area (Å²) in [6.45, 7) is 12.0. The first-order valence-electron chi connectivity index (χ1n) is 12.7. The fourth-order valence-electron chi connectivity index (χ4n) is 4.57. The predicted octanol–water partition coefficient (Wildman–Crippen LogP) is 3.41. The van der Waals surface area contributed by atoms with Crippen molar-refractivity contribution in [1.82, 2.24) is 15.0 Å². The molecule has 194 valence electrons. The van der Waals surface area contributed by atoms with Crippen molar-refractivity contribution in [3.8, 4) is 11.1 Å². The molecule has 0 unspecified atom stereocenters. The lowest BCUT2D eigenvalue weighted by molar-refractivity contribution is 0.102. The highest BCUT2D eigenvalue weighted by molar-refractivity contribution is 6.06. The molecule has 1 amide bonds. The Morgan fingerprint density at radius 2 is 1.78 bits per heavy atom. The highest BCUT2D eigenvalue weighted by Crippen LogP contribution is 2.34. The Morgan fingerprint density at radius 3 is 2.49 bits per heavy atom. The van der Waals surface area contributed by atoms with Crippen LogP contribution in [0.2, 0.25) is 0 Å². The maximum absolute atomic E-state index is 13.4. The average molecular weight is 503 g/mol. The van der Waals surface area contributed by atoms with Gasteiger partial charge in [-0.25, -0.2) is 9.97 Å². The second kappa shape index (κ2) is 10.1. The molecular formula is C28H34N6O3. The number of anilines is 3. The van der Waals surface area contributed by atoms with Crippen molar-refractivity contribution in [3.05, 3.63) is 59.7 Å². The molecule has 0 aromatic carbocycles. The highest BCUT2D eigenvalue weighted by Gasteiger charge is 2.26. The van der Waals surface area contributed by atoms with Crippen molar-refractivity contribution >= 4 is 23.2 Å². The van der Waals surface area contributed by atoms with Crippen molar-refractivity contribution in [2.24, 2.45) is 0 Å². The molecular weight excluding hydrogens is 468 g/mol. The van der Waals surface area contributed by atoms with Gasteiger partial charge in [-0.05, 0) is 42.8 Å². The summed E-state index contributed by atoms with van der Waals surface area (Å²) in [5, 5.41) is 12.8. The lowest BCUT2D eigenvalue weighted by Crippen LogP contribution is -2.51. The molecule has 2 saturated heterocycles. The first kappa shape index (κ1) is 25.1. The largest absolute Gasteiger partial charge is 0.389 e. The van der Waals surface area contributed by atoms with Crippen molar-refractivity contribution in [3.63, 3.8) is 0 Å². The Labute approximate surface area is 217 Å². The Balaban J connectivity index is 1.51. The quantitative estimate of drug-likeness (QED) is 0.547. The van der Waals surface area contributed by atoms with E-state index in [1.807, 2.05) is 36.1 Å². The van der Waals surface area contributed by atoms with Crippen LogP contribution < -0.4 is 15.1 Å². The lowest BCUT2D eigenvalue weighted by Gasteiger charge is -2.37. The standard InChI is InChI=1S/C28H34N6O3/c1-18-22(19-5-8-30-25(14-19)34-16-21(35)17-34)15-23(26(31-18)33-9-11-37-12-10-33)32-27(36)20-6-7-29-24(13-20)28(2,3)4/h5-8,13-15,21,35H,9-12,16-17H2,1-4H3,(H,32,36). The number of amides is 1. The number of aromatic nitrogens is 3. The first-order valence-corrected chi connectivity index (χ1v) is 12.7. The number of ether oxygens (including phenoxy) is 1. The van der Waals surface area contributed by atoms with Gasteiger partial charge in [0.2, 0.25) is 0 Å². The maximum Gasteiger partial charge on any atom is 0.255 e. The minimum Gasteiger partial charge on any atom is -0.389 e. The number of pyridine rings is 3. The van der Waals surface area contributed by atoms with Gasteiger partial charge in [0, 0.05) is 66.5 Å². The molecule has 0 spiro atoms. The van der Waals surface area contributed by atoms with Crippen molar-refractivity contribution in [2.75, 3.05) is 54.5 Å². The summed E-state index contributed by atoms with van der Waals surface area (Å²) in [5.74, 6) is 1.35. The summed E-state index contributed by atoms with van der Waals surface area (Å²) in [4.78, 5) is 31.5. The van der Waals surface area contributed by atoms with E-state index in [1.54, 1.807) is 18.5 Å². The normalized spacial score (nSPS) is 16.5. The monoisotopic (exact) mass is 502 g/mol. The van der Waals surface area contributed by atoms with Crippen molar-refractivity contribution in [2.45, 2.75) is 39.2 Å². The number of morpholine rings is 1. The van der Waals surface area contributed by atoms with Gasteiger partial charge < -0.3 is 25.0 Å². The van der Waals surface area contributed by atoms with Gasteiger partial charge in [-0.15, -0.1) is 0 Å². The molecule has 9 heteroatoms. The number of aryl methyl sites for hydroxylation is 1. The van der Waals surface area contributed by atoms with E-state index in [0.29, 0.717) is 50.6 Å². The molecule has 2 aliphatic heterocycles. The molecule has 2 fully saturated rings. The zero-order valence-electron chi connectivity index (χ0n) is 21.9. The Bertz CT molecular complexity index is 1290. The number of β-amino-alcohol motifs (C(OH)–C–C–N with tert-alkyl or cyclic N) is 1. The molecule has 0 aliphatic carbocycles. The second-order valence-electron chi connectivity index (χ2n) is 10.7. The molecule has 9 nitrogen and oxygen atoms in total. The summed E-state index contributed by atoms with van der Waals surface area (Å²) in [6, 6.07) is 9.54. The zero-order valence-corrected chi connectivity index (χ0v) is 21.9. The SMILES string of the molecule is Cc1nc(N2CCOCC2)c(NC(=O)c2ccnc(C(C)(C)C)c2)cc1-c1ccnc(N2CC(O)C2)c1. The first-order chi connectivity index (χ1) is 17.7. The molecule has 5 rings (SSSR count). The Morgan fingerprint density at radius 1 is 1.05 bits per heavy atom. The van der Waals surface area contributed by atoms with Gasteiger partial charge in [-0.1, -0.05) is 20.8 Å². The van der Waals surface area contributed by atoms with Crippen LogP contribution in [-0.2, 0) is 10.2 Å². The van der Waals surface area contributed by atoms with Gasteiger partial charge in [0.15, 0.2) is 5.82 Å². The van der Waals surface area contributed by atoms with Crippen LogP contribution in [-0.4, -0.2) is 71.5 Å². The van der Waals surface area contributed by atoms with Crippen molar-refractivity contribution in [1.29, 1.82) is 0 Å². The van der Waals surface area contributed by atoms with Gasteiger partial charge in [0.05, 0.1) is 25.0 Å². The number of hydrogen-bond donors (Lipinski definition) is 2. The van der Waals surface area contributed by atoms with Gasteiger partial charge in [0.1, 0.15) is 5.82 Å². The van der Waals surface area contributed by atoms with E-state index in [2.05, 4.69) is 41.0 Å². The molecule has 5 heterocycles. The topological polar surface area (TPSA) is 104 Å². The van der Waals surface area contributed by atoms with E-state index in [1.165, 1.54) is 0 Å². The number of aliphatic hydroxyl groups is 1. The third kappa shape index (κ3) is 5.42. The van der Waals surface area contributed by atoms with Crippen LogP contribution in [0.1, 0.15) is 42.5 Å². The number of nitrogens with one attached hydrogen (secondary N) is 1. The highest BCUT2D eigenvalue weighted by atomic mass is 16.5. The van der Waals surface area contributed by atoms with Gasteiger partial charge in [-0.3, -0.25) is 9.78 Å². The number of nitrogens with zero attached hydrogens (tertiary/aromatic N) is 5. The molecule has 0 atom stereocenters. The fraction of sp³-hybridized carbons (Fsp3) is 0.429. The van der Waals surface area contributed by atoms with Crippen LogP contribution in [0.4, 0.5) is 17.3 Å². The van der Waals surface area contributed by atoms with Gasteiger partial charge >= 0.3 is 0 Å². The van der Waals surface area contributed by atoms with Gasteiger partial charge in [-0.2, -0.15) is 0 Å². The smallest absolute Gasteiger partial charge is 0.255 e. The number of aliphatic hydroxyl groups excluding tert-OH is 1. The summed E-state index contributed by atoms with van der Waals surface area (Å²) in [5.41, 5.74) is 4.63. The third-order valence-corrected chi connectivity index (χ3v) is 6.79. The lowest BCUT2D eigenvalue weighted by atomic mass is 9.91. The van der Waals surface area contributed by atoms with E-state index in [4.69, 9.17) is 9.72 Å². The number of rotatable bonds is 5. The molecule has 3 aromatic heterocycles. The summed E-state index contributed by atoms with van der Waals surface area (Å²) in [7, 11) is 0. The van der Waals surface area contributed by atoms with E-state index >= 15 is 0 Å². The molecule has 2 N–H and O–H groups in total. The van der Waals surface area contributed by atoms with E-state index in [-0.39, 0.29) is 17.4 Å². The Kier molecular flexibility index (Phi) is 6.83. The predicted molar refractivity (Wildman–Crippen MR) is 144 cm³/mol. The van der Waals surface area contributed by atoms with E-state index in [9.17, 15) is 9.90 Å². The third-order valence-electron chi connectivity index (χ3n) is 6.79. The minimum absolute atomic E-state index is 0.167. The number of carbonyl (C=O) groups excluding carboxylic acids is 1. The fourth-order valence-corrected chi connectivity index (χ4v) is 4.57. The maximum atomic E-state index is 13.4. The molecule has 2 aliphatic rings. The molecule has 3 aromatic rings. The summed E-state index contributed by atoms with van der Waals surface area (Å²) >= 11 is 0. The summed E-state index contributed by atoms with van der Waals surface area (Å²) < 4.78 is 5.55. The minimum atomic E-state index is -0.310. The molecule has 0 bridgehead atoms. The Hall–Kier alpha value is -3.56. The summed E-state index contributed by atoms with van der Waals surface area (Å²) in [6.07, 6.45) is 3.14. The van der Waals surface area contributed by atoms with E-state index < -0.39 is 0 Å². The molecule has 37 heavy (non-hydrogen) atoms. The molecule has 0 saturated carbocycles. The van der Waals surface area contributed by atoms with Crippen molar-refractivity contribution < 1.29 is 14.6 Å². The second-order valence-corrected chi connectivity index (χ2v) is 10.7. The van der Waals surface area contributed by atoms with Crippen LogP contribution in [0.3, 0.4) is 0 Å². The van der Waals surface area contributed by atoms with Crippen LogP contribution in [0.25, 0.3) is 11.1 Å². The van der Waals surface area contributed by atoms with Gasteiger partial charge in [0.25, 0.3) is 5.91 Å².